The summed E-state index contributed by atoms with van der Waals surface area (Å²) in [4.78, 5) is 0. The van der Waals surface area contributed by atoms with Crippen molar-refractivity contribution < 1.29 is 0 Å². The van der Waals surface area contributed by atoms with E-state index in [9.17, 15) is 0 Å². The van der Waals surface area contributed by atoms with Crippen molar-refractivity contribution in [3.63, 3.8) is 0 Å². The zero-order valence-electron chi connectivity index (χ0n) is 19.2. The Morgan fingerprint density at radius 2 is 1.45 bits per heavy atom. The molecule has 29 heavy (non-hydrogen) atoms. The molecule has 0 atom stereocenters. The number of allylic oxidation sites excluding steroid dienone is 3. The van der Waals surface area contributed by atoms with E-state index in [1.807, 2.05) is 0 Å². The van der Waals surface area contributed by atoms with Crippen molar-refractivity contribution >= 4 is 0 Å². The van der Waals surface area contributed by atoms with E-state index in [1.165, 1.54) is 75.3 Å². The minimum atomic E-state index is 0.781. The van der Waals surface area contributed by atoms with Gasteiger partial charge in [0.15, 0.2) is 0 Å². The average Bonchev–Trinajstić information content (AvgIpc) is 2.78. The van der Waals surface area contributed by atoms with E-state index in [1.54, 1.807) is 5.56 Å². The molecule has 0 aromatic heterocycles. The first-order valence-corrected chi connectivity index (χ1v) is 12.6. The zero-order chi connectivity index (χ0) is 20.5. The highest BCUT2D eigenvalue weighted by Gasteiger charge is 2.22. The second-order valence-corrected chi connectivity index (χ2v) is 9.91. The first-order chi connectivity index (χ1) is 14.2. The molecule has 0 nitrogen and oxygen atoms in total. The summed E-state index contributed by atoms with van der Waals surface area (Å²) in [6.45, 7) is 8.67. The molecular weight excluding hydrogens is 348 g/mol. The van der Waals surface area contributed by atoms with Gasteiger partial charge >= 0.3 is 0 Å². The fourth-order valence-corrected chi connectivity index (χ4v) is 5.49. The lowest BCUT2D eigenvalue weighted by molar-refractivity contribution is 0.292. The van der Waals surface area contributed by atoms with Crippen molar-refractivity contribution in [1.29, 1.82) is 0 Å². The second-order valence-electron chi connectivity index (χ2n) is 9.91. The van der Waals surface area contributed by atoms with Crippen LogP contribution in [0.1, 0.15) is 108 Å². The van der Waals surface area contributed by atoms with Crippen LogP contribution in [0.15, 0.2) is 48.6 Å². The van der Waals surface area contributed by atoms with Crippen LogP contribution >= 0.6 is 0 Å². The maximum atomic E-state index is 4.14. The maximum Gasteiger partial charge on any atom is -0.0162 e. The van der Waals surface area contributed by atoms with Gasteiger partial charge in [0.05, 0.1) is 0 Å². The first kappa shape index (κ1) is 22.4. The van der Waals surface area contributed by atoms with Gasteiger partial charge in [-0.2, -0.15) is 0 Å². The fourth-order valence-electron chi connectivity index (χ4n) is 5.49. The van der Waals surface area contributed by atoms with E-state index in [0.717, 1.165) is 42.9 Å². The maximum absolute atomic E-state index is 4.14. The molecule has 0 radical (unpaired) electrons. The molecule has 0 saturated heterocycles. The number of hydrogen-bond donors (Lipinski definition) is 0. The van der Waals surface area contributed by atoms with E-state index in [2.05, 4.69) is 56.8 Å². The van der Waals surface area contributed by atoms with Crippen LogP contribution in [-0.4, -0.2) is 0 Å². The Kier molecular flexibility index (Phi) is 9.09. The van der Waals surface area contributed by atoms with Crippen LogP contribution in [0, 0.1) is 17.8 Å². The summed E-state index contributed by atoms with van der Waals surface area (Å²) in [5.41, 5.74) is 4.41. The molecule has 2 saturated carbocycles. The molecule has 0 amide bonds. The summed E-state index contributed by atoms with van der Waals surface area (Å²) in [7, 11) is 0. The molecule has 2 aliphatic carbocycles. The van der Waals surface area contributed by atoms with Crippen LogP contribution in [0.4, 0.5) is 0 Å². The third-order valence-electron chi connectivity index (χ3n) is 7.73. The van der Waals surface area contributed by atoms with Crippen molar-refractivity contribution in [2.45, 2.75) is 103 Å². The predicted molar refractivity (Wildman–Crippen MR) is 128 cm³/mol. The van der Waals surface area contributed by atoms with Crippen molar-refractivity contribution in [3.05, 3.63) is 59.7 Å². The van der Waals surface area contributed by atoms with E-state index in [4.69, 9.17) is 0 Å². The molecule has 1 aromatic carbocycles. The minimum Gasteiger partial charge on any atom is -0.0999 e. The Balaban J connectivity index is 1.39. The molecule has 0 bridgehead atoms. The highest BCUT2D eigenvalue weighted by atomic mass is 14.3. The topological polar surface area (TPSA) is 0 Å². The highest BCUT2D eigenvalue weighted by Crippen LogP contribution is 2.38. The third-order valence-corrected chi connectivity index (χ3v) is 7.73. The van der Waals surface area contributed by atoms with Gasteiger partial charge in [0.25, 0.3) is 0 Å². The largest absolute Gasteiger partial charge is 0.0999 e. The number of rotatable bonds is 9. The molecule has 2 aliphatic rings. The first-order valence-electron chi connectivity index (χ1n) is 12.6. The van der Waals surface area contributed by atoms with Crippen molar-refractivity contribution in [2.24, 2.45) is 17.8 Å². The molecule has 160 valence electrons. The van der Waals surface area contributed by atoms with Gasteiger partial charge in [0, 0.05) is 0 Å². The van der Waals surface area contributed by atoms with Crippen LogP contribution in [-0.2, 0) is 6.42 Å². The monoisotopic (exact) mass is 392 g/mol. The number of benzene rings is 1. The quantitative estimate of drug-likeness (QED) is 0.368. The van der Waals surface area contributed by atoms with Crippen LogP contribution in [0.25, 0.3) is 0 Å². The molecule has 0 unspecified atom stereocenters. The van der Waals surface area contributed by atoms with Gasteiger partial charge in [-0.25, -0.2) is 0 Å². The Morgan fingerprint density at radius 1 is 0.862 bits per heavy atom. The Hall–Kier alpha value is -1.30. The molecule has 0 heterocycles. The standard InChI is InChI=1S/C29H44/c1-4-6-24-9-11-26(12-10-24)13-14-27-17-21-29(22-18-27)28-19-15-25(16-20-28)8-7-23(3)5-2/h13-16,19-20,24,26-27,29H,3-12,17-18,21-22H2,1-2H3/b14-13+. The molecule has 0 heteroatoms. The van der Waals surface area contributed by atoms with Gasteiger partial charge < -0.3 is 0 Å². The lowest BCUT2D eigenvalue weighted by Crippen LogP contribution is -2.14. The molecule has 0 aliphatic heterocycles. The second kappa shape index (κ2) is 11.8. The fraction of sp³-hybridized carbons (Fsp3) is 0.655. The van der Waals surface area contributed by atoms with Crippen LogP contribution < -0.4 is 0 Å². The van der Waals surface area contributed by atoms with Gasteiger partial charge in [-0.05, 0) is 105 Å². The summed E-state index contributed by atoms with van der Waals surface area (Å²) in [6, 6.07) is 9.53. The molecule has 1 aromatic rings. The summed E-state index contributed by atoms with van der Waals surface area (Å²) in [6.07, 6.45) is 22.7. The van der Waals surface area contributed by atoms with Crippen molar-refractivity contribution in [2.75, 3.05) is 0 Å². The van der Waals surface area contributed by atoms with Crippen LogP contribution in [0.5, 0.6) is 0 Å². The van der Waals surface area contributed by atoms with E-state index >= 15 is 0 Å². The SMILES string of the molecule is C=C(CC)CCc1ccc(C2CCC(/C=C/C3CCC(CCC)CC3)CC2)cc1. The number of aryl methyl sites for hydroxylation is 1. The van der Waals surface area contributed by atoms with E-state index in [-0.39, 0.29) is 0 Å². The third kappa shape index (κ3) is 7.16. The lowest BCUT2D eigenvalue weighted by atomic mass is 9.77. The Morgan fingerprint density at radius 3 is 2.00 bits per heavy atom. The predicted octanol–water partition coefficient (Wildman–Crippen LogP) is 9.02. The Bertz CT molecular complexity index is 619. The van der Waals surface area contributed by atoms with Gasteiger partial charge in [-0.3, -0.25) is 0 Å². The number of hydrogen-bond acceptors (Lipinski definition) is 0. The average molecular weight is 393 g/mol. The summed E-state index contributed by atoms with van der Waals surface area (Å²) in [5.74, 6) is 3.51. The van der Waals surface area contributed by atoms with Gasteiger partial charge in [-0.15, -0.1) is 0 Å². The summed E-state index contributed by atoms with van der Waals surface area (Å²) >= 11 is 0. The molecular formula is C29H44. The normalized spacial score (nSPS) is 27.9. The van der Waals surface area contributed by atoms with E-state index < -0.39 is 0 Å². The molecule has 3 rings (SSSR count). The van der Waals surface area contributed by atoms with Gasteiger partial charge in [-0.1, -0.05) is 75.3 Å². The van der Waals surface area contributed by atoms with Crippen LogP contribution in [0.3, 0.4) is 0 Å². The summed E-state index contributed by atoms with van der Waals surface area (Å²) in [5, 5.41) is 0. The summed E-state index contributed by atoms with van der Waals surface area (Å²) < 4.78 is 0. The smallest absolute Gasteiger partial charge is 0.0162 e. The minimum absolute atomic E-state index is 0.781. The Labute approximate surface area is 180 Å². The van der Waals surface area contributed by atoms with Gasteiger partial charge in [0.1, 0.15) is 0 Å². The molecule has 2 fully saturated rings. The van der Waals surface area contributed by atoms with Crippen molar-refractivity contribution in [1.82, 2.24) is 0 Å². The molecule has 0 spiro atoms. The van der Waals surface area contributed by atoms with E-state index in [0.29, 0.717) is 0 Å². The molecule has 0 N–H and O–H groups in total. The van der Waals surface area contributed by atoms with Gasteiger partial charge in [0.2, 0.25) is 0 Å². The van der Waals surface area contributed by atoms with Crippen LogP contribution in [0.2, 0.25) is 0 Å². The van der Waals surface area contributed by atoms with Crippen molar-refractivity contribution in [3.8, 4) is 0 Å². The lowest BCUT2D eigenvalue weighted by Gasteiger charge is -2.29. The zero-order valence-corrected chi connectivity index (χ0v) is 19.2. The highest BCUT2D eigenvalue weighted by molar-refractivity contribution is 5.26.